The predicted molar refractivity (Wildman–Crippen MR) is 87.2 cm³/mol. The predicted octanol–water partition coefficient (Wildman–Crippen LogP) is 3.62. The van der Waals surface area contributed by atoms with E-state index in [4.69, 9.17) is 0 Å². The van der Waals surface area contributed by atoms with Gasteiger partial charge in [0.25, 0.3) is 10.0 Å². The van der Waals surface area contributed by atoms with Gasteiger partial charge in [0.05, 0.1) is 4.90 Å². The summed E-state index contributed by atoms with van der Waals surface area (Å²) in [6, 6.07) is 14.1. The Labute approximate surface area is 126 Å². The van der Waals surface area contributed by atoms with Crippen LogP contribution in [0.4, 0.5) is 11.4 Å². The van der Waals surface area contributed by atoms with E-state index in [0.717, 1.165) is 24.2 Å². The van der Waals surface area contributed by atoms with Crippen molar-refractivity contribution in [3.8, 4) is 0 Å². The molecule has 2 rings (SSSR count). The molecule has 0 aromatic heterocycles. The third-order valence-corrected chi connectivity index (χ3v) is 4.41. The fraction of sp³-hybridized carbons (Fsp3) is 0.250. The Kier molecular flexibility index (Phi) is 4.85. The zero-order valence-corrected chi connectivity index (χ0v) is 13.1. The van der Waals surface area contributed by atoms with E-state index in [1.54, 1.807) is 36.4 Å². The monoisotopic (exact) mass is 304 g/mol. The average molecular weight is 304 g/mol. The molecule has 0 aliphatic heterocycles. The molecule has 0 bridgehead atoms. The number of nitrogens with one attached hydrogen (secondary N) is 2. The lowest BCUT2D eigenvalue weighted by Crippen LogP contribution is -2.13. The molecular formula is C16H20N2O2S. The first-order valence-electron chi connectivity index (χ1n) is 6.94. The number of anilines is 2. The Morgan fingerprint density at radius 2 is 1.71 bits per heavy atom. The van der Waals surface area contributed by atoms with Gasteiger partial charge in [-0.05, 0) is 55.3 Å². The average Bonchev–Trinajstić information content (AvgIpc) is 2.45. The first-order valence-corrected chi connectivity index (χ1v) is 8.43. The molecule has 2 N–H and O–H groups in total. The number of rotatable bonds is 6. The molecule has 112 valence electrons. The zero-order valence-electron chi connectivity index (χ0n) is 12.3. The van der Waals surface area contributed by atoms with Crippen molar-refractivity contribution in [2.45, 2.75) is 25.2 Å². The van der Waals surface area contributed by atoms with Crippen LogP contribution in [0.2, 0.25) is 0 Å². The second kappa shape index (κ2) is 6.63. The molecule has 0 atom stereocenters. The van der Waals surface area contributed by atoms with Crippen molar-refractivity contribution in [1.29, 1.82) is 0 Å². The van der Waals surface area contributed by atoms with Crippen LogP contribution in [0.15, 0.2) is 53.4 Å². The Balaban J connectivity index is 2.15. The lowest BCUT2D eigenvalue weighted by Gasteiger charge is -2.10. The van der Waals surface area contributed by atoms with Crippen LogP contribution in [0, 0.1) is 6.92 Å². The van der Waals surface area contributed by atoms with Gasteiger partial charge in [-0.15, -0.1) is 0 Å². The van der Waals surface area contributed by atoms with Gasteiger partial charge in [-0.1, -0.05) is 19.1 Å². The lowest BCUT2D eigenvalue weighted by molar-refractivity contribution is 0.601. The quantitative estimate of drug-likeness (QED) is 0.857. The highest BCUT2D eigenvalue weighted by molar-refractivity contribution is 7.92. The molecule has 0 radical (unpaired) electrons. The van der Waals surface area contributed by atoms with E-state index in [2.05, 4.69) is 17.0 Å². The van der Waals surface area contributed by atoms with Crippen LogP contribution in [0.25, 0.3) is 0 Å². The number of hydrogen-bond donors (Lipinski definition) is 2. The first-order chi connectivity index (χ1) is 10.0. The van der Waals surface area contributed by atoms with Crippen LogP contribution in [0.3, 0.4) is 0 Å². The standard InChI is InChI=1S/C16H20N2O2S/c1-3-11-17-14-7-9-16(10-8-14)21(19,20)18-15-6-4-5-13(2)12-15/h4-10,12,17-18H,3,11H2,1-2H3. The van der Waals surface area contributed by atoms with Crippen molar-refractivity contribution >= 4 is 21.4 Å². The van der Waals surface area contributed by atoms with Gasteiger partial charge in [0.15, 0.2) is 0 Å². The van der Waals surface area contributed by atoms with Crippen molar-refractivity contribution in [1.82, 2.24) is 0 Å². The SMILES string of the molecule is CCCNc1ccc(S(=O)(=O)Nc2cccc(C)c2)cc1. The molecule has 0 saturated carbocycles. The maximum absolute atomic E-state index is 12.3. The minimum absolute atomic E-state index is 0.256. The number of sulfonamides is 1. The topological polar surface area (TPSA) is 58.2 Å². The summed E-state index contributed by atoms with van der Waals surface area (Å²) in [5.41, 5.74) is 2.50. The lowest BCUT2D eigenvalue weighted by atomic mass is 10.2. The van der Waals surface area contributed by atoms with E-state index in [-0.39, 0.29) is 4.90 Å². The third kappa shape index (κ3) is 4.23. The molecule has 0 amide bonds. The van der Waals surface area contributed by atoms with Gasteiger partial charge in [-0.25, -0.2) is 8.42 Å². The van der Waals surface area contributed by atoms with Crippen LogP contribution < -0.4 is 10.0 Å². The van der Waals surface area contributed by atoms with E-state index in [1.807, 2.05) is 19.1 Å². The van der Waals surface area contributed by atoms with E-state index in [0.29, 0.717) is 5.69 Å². The van der Waals surface area contributed by atoms with Gasteiger partial charge in [0.1, 0.15) is 0 Å². The number of aryl methyl sites for hydroxylation is 1. The minimum atomic E-state index is -3.55. The summed E-state index contributed by atoms with van der Waals surface area (Å²) in [7, 11) is -3.55. The summed E-state index contributed by atoms with van der Waals surface area (Å²) in [4.78, 5) is 0.256. The highest BCUT2D eigenvalue weighted by atomic mass is 32.2. The summed E-state index contributed by atoms with van der Waals surface area (Å²) in [5, 5.41) is 3.21. The van der Waals surface area contributed by atoms with Crippen molar-refractivity contribution in [3.63, 3.8) is 0 Å². The van der Waals surface area contributed by atoms with Crippen LogP contribution in [-0.4, -0.2) is 15.0 Å². The van der Waals surface area contributed by atoms with Crippen molar-refractivity contribution < 1.29 is 8.42 Å². The summed E-state index contributed by atoms with van der Waals surface area (Å²) >= 11 is 0. The van der Waals surface area contributed by atoms with E-state index in [9.17, 15) is 8.42 Å². The Hall–Kier alpha value is -2.01. The summed E-state index contributed by atoms with van der Waals surface area (Å²) < 4.78 is 27.2. The summed E-state index contributed by atoms with van der Waals surface area (Å²) in [5.74, 6) is 0. The molecule has 21 heavy (non-hydrogen) atoms. The largest absolute Gasteiger partial charge is 0.385 e. The van der Waals surface area contributed by atoms with Crippen LogP contribution in [-0.2, 0) is 10.0 Å². The molecule has 0 unspecified atom stereocenters. The number of benzene rings is 2. The molecule has 0 aliphatic rings. The first kappa shape index (κ1) is 15.4. The zero-order chi connectivity index (χ0) is 15.3. The minimum Gasteiger partial charge on any atom is -0.385 e. The molecule has 0 saturated heterocycles. The summed E-state index contributed by atoms with van der Waals surface area (Å²) in [6.45, 7) is 4.87. The molecule has 0 spiro atoms. The molecule has 2 aromatic carbocycles. The van der Waals surface area contributed by atoms with Gasteiger partial charge in [0, 0.05) is 17.9 Å². The van der Waals surface area contributed by atoms with E-state index in [1.165, 1.54) is 0 Å². The Bertz CT molecular complexity index is 694. The normalized spacial score (nSPS) is 11.1. The maximum Gasteiger partial charge on any atom is 0.261 e. The molecule has 5 heteroatoms. The molecule has 0 fully saturated rings. The van der Waals surface area contributed by atoms with Crippen LogP contribution >= 0.6 is 0 Å². The van der Waals surface area contributed by atoms with E-state index >= 15 is 0 Å². The Morgan fingerprint density at radius 3 is 2.33 bits per heavy atom. The highest BCUT2D eigenvalue weighted by Gasteiger charge is 2.13. The molecule has 0 heterocycles. The molecule has 2 aromatic rings. The van der Waals surface area contributed by atoms with Gasteiger partial charge < -0.3 is 5.32 Å². The van der Waals surface area contributed by atoms with Gasteiger partial charge >= 0.3 is 0 Å². The smallest absolute Gasteiger partial charge is 0.261 e. The second-order valence-electron chi connectivity index (χ2n) is 4.93. The van der Waals surface area contributed by atoms with Crippen molar-refractivity contribution in [2.24, 2.45) is 0 Å². The van der Waals surface area contributed by atoms with Crippen molar-refractivity contribution in [2.75, 3.05) is 16.6 Å². The highest BCUT2D eigenvalue weighted by Crippen LogP contribution is 2.18. The van der Waals surface area contributed by atoms with E-state index < -0.39 is 10.0 Å². The Morgan fingerprint density at radius 1 is 1.00 bits per heavy atom. The summed E-state index contributed by atoms with van der Waals surface area (Å²) in [6.07, 6.45) is 1.02. The van der Waals surface area contributed by atoms with Crippen molar-refractivity contribution in [3.05, 3.63) is 54.1 Å². The number of hydrogen-bond acceptors (Lipinski definition) is 3. The van der Waals surface area contributed by atoms with Gasteiger partial charge in [-0.2, -0.15) is 0 Å². The third-order valence-electron chi connectivity index (χ3n) is 3.01. The van der Waals surface area contributed by atoms with Crippen LogP contribution in [0.1, 0.15) is 18.9 Å². The molecule has 0 aliphatic carbocycles. The molecular weight excluding hydrogens is 284 g/mol. The maximum atomic E-state index is 12.3. The van der Waals surface area contributed by atoms with Gasteiger partial charge in [-0.3, -0.25) is 4.72 Å². The fourth-order valence-corrected chi connectivity index (χ4v) is 2.99. The van der Waals surface area contributed by atoms with Gasteiger partial charge in [0.2, 0.25) is 0 Å². The fourth-order valence-electron chi connectivity index (χ4n) is 1.94. The van der Waals surface area contributed by atoms with Crippen LogP contribution in [0.5, 0.6) is 0 Å². The second-order valence-corrected chi connectivity index (χ2v) is 6.61. The molecule has 4 nitrogen and oxygen atoms in total.